The Kier molecular flexibility index (Phi) is 2.86. The number of nitrogens with two attached hydrogens (primary N) is 2. The number of amides is 2. The van der Waals surface area contributed by atoms with Crippen LogP contribution in [0.2, 0.25) is 0 Å². The van der Waals surface area contributed by atoms with Gasteiger partial charge in [-0.2, -0.15) is 0 Å². The van der Waals surface area contributed by atoms with Gasteiger partial charge in [-0.3, -0.25) is 9.59 Å². The summed E-state index contributed by atoms with van der Waals surface area (Å²) in [6.45, 7) is 1.85. The Balaban J connectivity index is 3.14. The molecule has 0 heterocycles. The highest BCUT2D eigenvalue weighted by Crippen LogP contribution is 2.11. The third kappa shape index (κ3) is 2.32. The van der Waals surface area contributed by atoms with Crippen LogP contribution < -0.4 is 11.5 Å². The summed E-state index contributed by atoms with van der Waals surface area (Å²) in [5.41, 5.74) is 12.1. The molecule has 0 aromatic heterocycles. The van der Waals surface area contributed by atoms with Crippen LogP contribution in [0.25, 0.3) is 0 Å². The minimum absolute atomic E-state index is 0.0402. The number of carbonyl (C=O) groups excluding carboxylic acids is 2. The largest absolute Gasteiger partial charge is 0.369 e. The van der Waals surface area contributed by atoms with Crippen LogP contribution in [-0.2, 0) is 11.2 Å². The first kappa shape index (κ1) is 10.2. The maximum Gasteiger partial charge on any atom is 0.249 e. The van der Waals surface area contributed by atoms with Crippen molar-refractivity contribution in [2.24, 2.45) is 11.5 Å². The van der Waals surface area contributed by atoms with Crippen molar-refractivity contribution in [3.8, 4) is 0 Å². The third-order valence-corrected chi connectivity index (χ3v) is 1.90. The highest BCUT2D eigenvalue weighted by atomic mass is 16.1. The van der Waals surface area contributed by atoms with Gasteiger partial charge >= 0.3 is 0 Å². The second kappa shape index (κ2) is 3.91. The van der Waals surface area contributed by atoms with Gasteiger partial charge in [0, 0.05) is 5.56 Å². The summed E-state index contributed by atoms with van der Waals surface area (Å²) in [6, 6.07) is 5.16. The van der Waals surface area contributed by atoms with Gasteiger partial charge in [0.2, 0.25) is 11.8 Å². The van der Waals surface area contributed by atoms with Crippen molar-refractivity contribution < 1.29 is 9.59 Å². The van der Waals surface area contributed by atoms with E-state index in [2.05, 4.69) is 0 Å². The molecule has 0 aliphatic carbocycles. The quantitative estimate of drug-likeness (QED) is 0.712. The highest BCUT2D eigenvalue weighted by Gasteiger charge is 2.09. The SMILES string of the molecule is Cc1ccc(CC(N)=O)c(C(N)=O)c1. The van der Waals surface area contributed by atoms with E-state index in [0.29, 0.717) is 11.1 Å². The zero-order valence-electron chi connectivity index (χ0n) is 7.91. The van der Waals surface area contributed by atoms with Crippen LogP contribution in [-0.4, -0.2) is 11.8 Å². The molecule has 4 heteroatoms. The summed E-state index contributed by atoms with van der Waals surface area (Å²) in [4.78, 5) is 21.7. The number of aryl methyl sites for hydroxylation is 1. The first-order valence-electron chi connectivity index (χ1n) is 4.18. The Morgan fingerprint density at radius 2 is 1.93 bits per heavy atom. The van der Waals surface area contributed by atoms with Gasteiger partial charge in [0.15, 0.2) is 0 Å². The molecule has 0 fully saturated rings. The smallest absolute Gasteiger partial charge is 0.249 e. The first-order chi connectivity index (χ1) is 6.50. The van der Waals surface area contributed by atoms with Crippen molar-refractivity contribution in [1.82, 2.24) is 0 Å². The molecule has 0 bridgehead atoms. The van der Waals surface area contributed by atoms with Crippen molar-refractivity contribution in [2.45, 2.75) is 13.3 Å². The molecule has 4 nitrogen and oxygen atoms in total. The summed E-state index contributed by atoms with van der Waals surface area (Å²) in [7, 11) is 0. The third-order valence-electron chi connectivity index (χ3n) is 1.90. The van der Waals surface area contributed by atoms with E-state index in [4.69, 9.17) is 11.5 Å². The average Bonchev–Trinajstić information content (AvgIpc) is 2.07. The molecular weight excluding hydrogens is 180 g/mol. The molecule has 1 aromatic rings. The van der Waals surface area contributed by atoms with E-state index in [1.165, 1.54) is 0 Å². The van der Waals surface area contributed by atoms with E-state index in [9.17, 15) is 9.59 Å². The Morgan fingerprint density at radius 3 is 2.43 bits per heavy atom. The van der Waals surface area contributed by atoms with Crippen molar-refractivity contribution in [1.29, 1.82) is 0 Å². The maximum absolute atomic E-state index is 11.0. The Hall–Kier alpha value is -1.84. The Bertz CT molecular complexity index is 386. The van der Waals surface area contributed by atoms with Gasteiger partial charge in [0.1, 0.15) is 0 Å². The standard InChI is InChI=1S/C10H12N2O2/c1-6-2-3-7(5-9(11)13)8(4-6)10(12)14/h2-4H,5H2,1H3,(H2,11,13)(H2,12,14). The van der Waals surface area contributed by atoms with Gasteiger partial charge in [-0.15, -0.1) is 0 Å². The molecule has 1 aromatic carbocycles. The van der Waals surface area contributed by atoms with Gasteiger partial charge < -0.3 is 11.5 Å². The fourth-order valence-corrected chi connectivity index (χ4v) is 1.26. The lowest BCUT2D eigenvalue weighted by Crippen LogP contribution is -2.19. The van der Waals surface area contributed by atoms with Gasteiger partial charge in [0.25, 0.3) is 0 Å². The molecule has 1 rings (SSSR count). The van der Waals surface area contributed by atoms with E-state index < -0.39 is 11.8 Å². The van der Waals surface area contributed by atoms with Crippen molar-refractivity contribution in [3.05, 3.63) is 34.9 Å². The summed E-state index contributed by atoms with van der Waals surface area (Å²) in [6.07, 6.45) is 0.0402. The predicted molar refractivity (Wildman–Crippen MR) is 52.6 cm³/mol. The molecule has 2 amide bonds. The van der Waals surface area contributed by atoms with E-state index in [1.807, 2.05) is 13.0 Å². The molecule has 0 aliphatic heterocycles. The number of benzene rings is 1. The molecule has 0 spiro atoms. The van der Waals surface area contributed by atoms with Gasteiger partial charge in [0.05, 0.1) is 6.42 Å². The summed E-state index contributed by atoms with van der Waals surface area (Å²) in [5, 5.41) is 0. The number of hydrogen-bond donors (Lipinski definition) is 2. The van der Waals surface area contributed by atoms with Gasteiger partial charge in [-0.1, -0.05) is 17.7 Å². The summed E-state index contributed by atoms with van der Waals surface area (Å²) >= 11 is 0. The van der Waals surface area contributed by atoms with Crippen molar-refractivity contribution in [2.75, 3.05) is 0 Å². The maximum atomic E-state index is 11.0. The molecule has 0 unspecified atom stereocenters. The Labute approximate surface area is 81.9 Å². The minimum Gasteiger partial charge on any atom is -0.369 e. The second-order valence-corrected chi connectivity index (χ2v) is 3.17. The summed E-state index contributed by atoms with van der Waals surface area (Å²) < 4.78 is 0. The number of rotatable bonds is 3. The molecule has 14 heavy (non-hydrogen) atoms. The van der Waals surface area contributed by atoms with E-state index in [-0.39, 0.29) is 6.42 Å². The van der Waals surface area contributed by atoms with Crippen molar-refractivity contribution >= 4 is 11.8 Å². The molecule has 4 N–H and O–H groups in total. The van der Waals surface area contributed by atoms with Gasteiger partial charge in [-0.25, -0.2) is 0 Å². The van der Waals surface area contributed by atoms with Crippen LogP contribution in [0.5, 0.6) is 0 Å². The monoisotopic (exact) mass is 192 g/mol. The summed E-state index contributed by atoms with van der Waals surface area (Å²) in [5.74, 6) is -1.01. The van der Waals surface area contributed by atoms with Crippen LogP contribution in [0, 0.1) is 6.92 Å². The molecule has 0 atom stereocenters. The first-order valence-corrected chi connectivity index (χ1v) is 4.18. The predicted octanol–water partition coefficient (Wildman–Crippen LogP) is 0.122. The lowest BCUT2D eigenvalue weighted by molar-refractivity contribution is -0.117. The van der Waals surface area contributed by atoms with Crippen LogP contribution >= 0.6 is 0 Å². The molecule has 0 aliphatic rings. The number of primary amides is 2. The number of carbonyl (C=O) groups is 2. The molecule has 74 valence electrons. The average molecular weight is 192 g/mol. The van der Waals surface area contributed by atoms with Crippen molar-refractivity contribution in [3.63, 3.8) is 0 Å². The van der Waals surface area contributed by atoms with Crippen LogP contribution in [0.1, 0.15) is 21.5 Å². The molecule has 0 saturated heterocycles. The van der Waals surface area contributed by atoms with Crippen LogP contribution in [0.3, 0.4) is 0 Å². The fourth-order valence-electron chi connectivity index (χ4n) is 1.26. The highest BCUT2D eigenvalue weighted by molar-refractivity contribution is 5.95. The molecule has 0 saturated carbocycles. The second-order valence-electron chi connectivity index (χ2n) is 3.17. The van der Waals surface area contributed by atoms with Gasteiger partial charge in [-0.05, 0) is 18.6 Å². The molecule has 0 radical (unpaired) electrons. The van der Waals surface area contributed by atoms with E-state index in [1.54, 1.807) is 12.1 Å². The zero-order valence-corrected chi connectivity index (χ0v) is 7.91. The normalized spacial score (nSPS) is 9.79. The van der Waals surface area contributed by atoms with E-state index in [0.717, 1.165) is 5.56 Å². The Morgan fingerprint density at radius 1 is 1.29 bits per heavy atom. The van der Waals surface area contributed by atoms with Crippen LogP contribution in [0.4, 0.5) is 0 Å². The lowest BCUT2D eigenvalue weighted by Gasteiger charge is -2.05. The van der Waals surface area contributed by atoms with E-state index >= 15 is 0 Å². The minimum atomic E-state index is -0.537. The fraction of sp³-hybridized carbons (Fsp3) is 0.200. The number of hydrogen-bond acceptors (Lipinski definition) is 2. The van der Waals surface area contributed by atoms with Crippen LogP contribution in [0.15, 0.2) is 18.2 Å². The zero-order chi connectivity index (χ0) is 10.7. The lowest BCUT2D eigenvalue weighted by atomic mass is 10.0. The topological polar surface area (TPSA) is 86.2 Å². The molecular formula is C10H12N2O2.